The normalized spacial score (nSPS) is 10.6. The summed E-state index contributed by atoms with van der Waals surface area (Å²) in [7, 11) is 1.57. The molecule has 5 nitrogen and oxygen atoms in total. The Labute approximate surface area is 111 Å². The lowest BCUT2D eigenvalue weighted by Crippen LogP contribution is -2.13. The maximum absolute atomic E-state index is 11.2. The van der Waals surface area contributed by atoms with Gasteiger partial charge in [-0.25, -0.2) is 4.98 Å². The summed E-state index contributed by atoms with van der Waals surface area (Å²) in [6.45, 7) is 2.14. The molecule has 0 aliphatic rings. The van der Waals surface area contributed by atoms with Gasteiger partial charge in [0.1, 0.15) is 17.0 Å². The average Bonchev–Trinajstić information content (AvgIpc) is 2.43. The largest absolute Gasteiger partial charge is 0.494 e. The Morgan fingerprint density at radius 2 is 2.16 bits per heavy atom. The van der Waals surface area contributed by atoms with Gasteiger partial charge in [0.25, 0.3) is 5.91 Å². The molecule has 1 heterocycles. The van der Waals surface area contributed by atoms with Crippen molar-refractivity contribution >= 4 is 16.9 Å². The molecule has 5 heteroatoms. The van der Waals surface area contributed by atoms with Crippen molar-refractivity contribution in [1.29, 1.82) is 0 Å². The van der Waals surface area contributed by atoms with Gasteiger partial charge >= 0.3 is 0 Å². The molecule has 1 amide bonds. The third kappa shape index (κ3) is 2.65. The zero-order valence-electron chi connectivity index (χ0n) is 11.1. The van der Waals surface area contributed by atoms with Crippen LogP contribution in [0.4, 0.5) is 0 Å². The monoisotopic (exact) mass is 259 g/mol. The Balaban J connectivity index is 2.59. The summed E-state index contributed by atoms with van der Waals surface area (Å²) >= 11 is 0. The van der Waals surface area contributed by atoms with Crippen LogP contribution in [0.2, 0.25) is 0 Å². The lowest BCUT2D eigenvalue weighted by atomic mass is 10.1. The molecule has 0 aliphatic heterocycles. The molecule has 0 spiro atoms. The highest BCUT2D eigenvalue weighted by molar-refractivity contribution is 5.94. The molecule has 2 rings (SSSR count). The van der Waals surface area contributed by atoms with Crippen molar-refractivity contribution in [2.45, 2.75) is 26.2 Å². The highest BCUT2D eigenvalue weighted by Crippen LogP contribution is 2.26. The van der Waals surface area contributed by atoms with Gasteiger partial charge in [0.05, 0.1) is 18.8 Å². The first-order valence-electron chi connectivity index (χ1n) is 6.29. The minimum absolute atomic E-state index is 0.151. The minimum atomic E-state index is -0.588. The summed E-state index contributed by atoms with van der Waals surface area (Å²) in [5.41, 5.74) is 7.86. The Hall–Kier alpha value is -2.17. The van der Waals surface area contributed by atoms with Gasteiger partial charge in [-0.15, -0.1) is 0 Å². The van der Waals surface area contributed by atoms with Crippen LogP contribution in [0.3, 0.4) is 0 Å². The molecule has 2 N–H and O–H groups in total. The smallest absolute Gasteiger partial charge is 0.268 e. The van der Waals surface area contributed by atoms with E-state index in [0.717, 1.165) is 30.3 Å². The first-order valence-corrected chi connectivity index (χ1v) is 6.29. The molecule has 0 atom stereocenters. The van der Waals surface area contributed by atoms with Crippen molar-refractivity contribution in [2.24, 2.45) is 5.73 Å². The second kappa shape index (κ2) is 5.65. The Bertz CT molecular complexity index is 611. The van der Waals surface area contributed by atoms with Crippen LogP contribution in [-0.4, -0.2) is 23.0 Å². The number of rotatable bonds is 5. The molecule has 0 unspecified atom stereocenters. The number of aromatic nitrogens is 2. The van der Waals surface area contributed by atoms with Gasteiger partial charge in [-0.05, 0) is 24.5 Å². The van der Waals surface area contributed by atoms with Crippen molar-refractivity contribution in [2.75, 3.05) is 7.11 Å². The summed E-state index contributed by atoms with van der Waals surface area (Å²) in [6.07, 6.45) is 4.54. The molecule has 100 valence electrons. The number of methoxy groups -OCH3 is 1. The summed E-state index contributed by atoms with van der Waals surface area (Å²) in [6, 6.07) is 3.85. The van der Waals surface area contributed by atoms with E-state index >= 15 is 0 Å². The quantitative estimate of drug-likeness (QED) is 0.891. The highest BCUT2D eigenvalue weighted by atomic mass is 16.5. The van der Waals surface area contributed by atoms with E-state index in [1.54, 1.807) is 7.11 Å². The number of fused-ring (bicyclic) bond motifs is 1. The SMILES string of the molecule is CCCCc1ccc(OC)c2nc(C(N)=O)cnc12. The van der Waals surface area contributed by atoms with Crippen LogP contribution in [0.15, 0.2) is 18.3 Å². The van der Waals surface area contributed by atoms with Crippen LogP contribution < -0.4 is 10.5 Å². The molecular weight excluding hydrogens is 242 g/mol. The number of unbranched alkanes of at least 4 members (excludes halogenated alkanes) is 1. The number of amides is 1. The van der Waals surface area contributed by atoms with E-state index in [0.29, 0.717) is 11.3 Å². The lowest BCUT2D eigenvalue weighted by molar-refractivity contribution is 0.0995. The van der Waals surface area contributed by atoms with E-state index in [1.807, 2.05) is 12.1 Å². The number of carbonyl (C=O) groups is 1. The van der Waals surface area contributed by atoms with Crippen LogP contribution in [0, 0.1) is 0 Å². The molecule has 0 bridgehead atoms. The maximum Gasteiger partial charge on any atom is 0.268 e. The van der Waals surface area contributed by atoms with Crippen molar-refractivity contribution in [1.82, 2.24) is 9.97 Å². The van der Waals surface area contributed by atoms with Crippen LogP contribution >= 0.6 is 0 Å². The number of nitrogens with zero attached hydrogens (tertiary/aromatic N) is 2. The molecule has 1 aromatic carbocycles. The summed E-state index contributed by atoms with van der Waals surface area (Å²) < 4.78 is 5.27. The van der Waals surface area contributed by atoms with Crippen molar-refractivity contribution in [3.05, 3.63) is 29.6 Å². The van der Waals surface area contributed by atoms with Gasteiger partial charge < -0.3 is 10.5 Å². The van der Waals surface area contributed by atoms with E-state index < -0.39 is 5.91 Å². The van der Waals surface area contributed by atoms with Crippen LogP contribution in [-0.2, 0) is 6.42 Å². The molecular formula is C14H17N3O2. The van der Waals surface area contributed by atoms with E-state index in [4.69, 9.17) is 10.5 Å². The van der Waals surface area contributed by atoms with Crippen molar-refractivity contribution in [3.8, 4) is 5.75 Å². The molecule has 0 fully saturated rings. The van der Waals surface area contributed by atoms with Gasteiger partial charge in [0, 0.05) is 0 Å². The van der Waals surface area contributed by atoms with Crippen molar-refractivity contribution in [3.63, 3.8) is 0 Å². The number of hydrogen-bond donors (Lipinski definition) is 1. The number of aryl methyl sites for hydroxylation is 1. The third-order valence-electron chi connectivity index (χ3n) is 3.02. The zero-order valence-corrected chi connectivity index (χ0v) is 11.1. The molecule has 0 saturated carbocycles. The molecule has 0 aliphatic carbocycles. The van der Waals surface area contributed by atoms with Gasteiger partial charge in [-0.1, -0.05) is 19.4 Å². The highest BCUT2D eigenvalue weighted by Gasteiger charge is 2.12. The molecule has 0 saturated heterocycles. The van der Waals surface area contributed by atoms with E-state index in [9.17, 15) is 4.79 Å². The number of carbonyl (C=O) groups excluding carboxylic acids is 1. The maximum atomic E-state index is 11.2. The predicted molar refractivity (Wildman–Crippen MR) is 73.2 cm³/mol. The topological polar surface area (TPSA) is 78.1 Å². The first-order chi connectivity index (χ1) is 9.17. The molecule has 2 aromatic rings. The fourth-order valence-electron chi connectivity index (χ4n) is 1.98. The fourth-order valence-corrected chi connectivity index (χ4v) is 1.98. The minimum Gasteiger partial charge on any atom is -0.494 e. The van der Waals surface area contributed by atoms with Crippen LogP contribution in [0.25, 0.3) is 11.0 Å². The average molecular weight is 259 g/mol. The third-order valence-corrected chi connectivity index (χ3v) is 3.02. The number of hydrogen-bond acceptors (Lipinski definition) is 4. The lowest BCUT2D eigenvalue weighted by Gasteiger charge is -2.09. The van der Waals surface area contributed by atoms with E-state index in [1.165, 1.54) is 6.20 Å². The van der Waals surface area contributed by atoms with Gasteiger partial charge in [-0.2, -0.15) is 0 Å². The van der Waals surface area contributed by atoms with Gasteiger partial charge in [-0.3, -0.25) is 9.78 Å². The second-order valence-corrected chi connectivity index (χ2v) is 4.35. The van der Waals surface area contributed by atoms with E-state index in [2.05, 4.69) is 16.9 Å². The molecule has 19 heavy (non-hydrogen) atoms. The molecule has 0 radical (unpaired) electrons. The van der Waals surface area contributed by atoms with Gasteiger partial charge in [0.15, 0.2) is 0 Å². The zero-order chi connectivity index (χ0) is 13.8. The number of benzene rings is 1. The fraction of sp³-hybridized carbons (Fsp3) is 0.357. The van der Waals surface area contributed by atoms with E-state index in [-0.39, 0.29) is 5.69 Å². The summed E-state index contributed by atoms with van der Waals surface area (Å²) in [4.78, 5) is 19.8. The van der Waals surface area contributed by atoms with Crippen LogP contribution in [0.1, 0.15) is 35.8 Å². The number of ether oxygens (including phenoxy) is 1. The first kappa shape index (κ1) is 13.3. The van der Waals surface area contributed by atoms with Crippen molar-refractivity contribution < 1.29 is 9.53 Å². The Kier molecular flexibility index (Phi) is 3.94. The van der Waals surface area contributed by atoms with Gasteiger partial charge in [0.2, 0.25) is 0 Å². The Morgan fingerprint density at radius 1 is 1.37 bits per heavy atom. The standard InChI is InChI=1S/C14H17N3O2/c1-3-4-5-9-6-7-11(19-2)13-12(9)16-8-10(17-13)14(15)18/h6-8H,3-5H2,1-2H3,(H2,15,18). The predicted octanol–water partition coefficient (Wildman–Crippen LogP) is 2.08. The summed E-state index contributed by atoms with van der Waals surface area (Å²) in [5.74, 6) is 0.0151. The molecule has 1 aromatic heterocycles. The number of primary amides is 1. The Morgan fingerprint density at radius 3 is 2.79 bits per heavy atom. The number of nitrogens with two attached hydrogens (primary N) is 1. The second-order valence-electron chi connectivity index (χ2n) is 4.35. The van der Waals surface area contributed by atoms with Crippen LogP contribution in [0.5, 0.6) is 5.75 Å². The summed E-state index contributed by atoms with van der Waals surface area (Å²) in [5, 5.41) is 0.